The van der Waals surface area contributed by atoms with Crippen LogP contribution in [-0.2, 0) is 47.9 Å². The average Bonchev–Trinajstić information content (AvgIpc) is 3.30. The van der Waals surface area contributed by atoms with Gasteiger partial charge in [-0.05, 0) is 95.3 Å². The number of esters is 1. The number of amides is 8. The molecule has 21 nitrogen and oxygen atoms in total. The SMILES string of the molecule is C/C=C/C[C@@H](C)[C@@H](O)[C@@H](C(=O)N[C@H](C(=O)OC)[C@@H](C)O)N(C)C(=O)[C@H](C(C)C)N(C)C(=O)C(CC(C)C)NC(=O)[C@H](CC(C)C)N(C)C(=O)[C@@H](C)NC(=O)[C@H](C)NC(=O)[C@H](CC(C)C)N(C)C(=O)[C@@H](N)CC(C)C. The minimum absolute atomic E-state index is 0.0135. The molecule has 0 radical (unpaired) electrons. The summed E-state index contributed by atoms with van der Waals surface area (Å²) in [6.45, 7) is 26.1. The predicted molar refractivity (Wildman–Crippen MR) is 284 cm³/mol. The molecule has 0 saturated heterocycles. The largest absolute Gasteiger partial charge is 0.467 e. The van der Waals surface area contributed by atoms with Gasteiger partial charge in [-0.3, -0.25) is 38.4 Å². The number of likely N-dealkylation sites (N-methyl/N-ethyl adjacent to an activating group) is 4. The summed E-state index contributed by atoms with van der Waals surface area (Å²) in [5, 5.41) is 32.6. The van der Waals surface area contributed by atoms with Gasteiger partial charge < -0.3 is 61.6 Å². The van der Waals surface area contributed by atoms with Gasteiger partial charge in [-0.15, -0.1) is 0 Å². The molecule has 426 valence electrons. The van der Waals surface area contributed by atoms with Crippen LogP contribution < -0.4 is 27.0 Å². The number of nitrogens with two attached hydrogens (primary N) is 1. The van der Waals surface area contributed by atoms with Crippen molar-refractivity contribution in [2.75, 3.05) is 35.3 Å². The molecule has 0 rings (SSSR count). The van der Waals surface area contributed by atoms with Crippen LogP contribution in [-0.4, -0.2) is 185 Å². The highest BCUT2D eigenvalue weighted by molar-refractivity contribution is 5.98. The molecule has 0 aromatic rings. The van der Waals surface area contributed by atoms with Gasteiger partial charge in [0.2, 0.25) is 47.3 Å². The Balaban J connectivity index is 6.75. The Hall–Kier alpha value is -5.15. The first-order valence-corrected chi connectivity index (χ1v) is 26.2. The van der Waals surface area contributed by atoms with E-state index in [-0.39, 0.29) is 36.5 Å². The van der Waals surface area contributed by atoms with E-state index in [0.717, 1.165) is 12.0 Å². The highest BCUT2D eigenvalue weighted by Gasteiger charge is 2.44. The van der Waals surface area contributed by atoms with Crippen molar-refractivity contribution in [1.82, 2.24) is 40.9 Å². The fraction of sp³-hybridized carbons (Fsp3) is 0.792. The minimum Gasteiger partial charge on any atom is -0.467 e. The first-order valence-electron chi connectivity index (χ1n) is 26.2. The van der Waals surface area contributed by atoms with Crippen molar-refractivity contribution in [3.63, 3.8) is 0 Å². The van der Waals surface area contributed by atoms with Gasteiger partial charge >= 0.3 is 5.97 Å². The Morgan fingerprint density at radius 1 is 0.527 bits per heavy atom. The predicted octanol–water partition coefficient (Wildman–Crippen LogP) is 1.96. The van der Waals surface area contributed by atoms with Crippen LogP contribution in [0.1, 0.15) is 136 Å². The zero-order valence-corrected chi connectivity index (χ0v) is 48.3. The molecule has 0 aliphatic heterocycles. The van der Waals surface area contributed by atoms with Crippen molar-refractivity contribution in [2.24, 2.45) is 41.2 Å². The van der Waals surface area contributed by atoms with Crippen LogP contribution in [0.5, 0.6) is 0 Å². The molecule has 8 N–H and O–H groups in total. The van der Waals surface area contributed by atoms with Gasteiger partial charge in [0, 0.05) is 28.2 Å². The van der Waals surface area contributed by atoms with E-state index in [2.05, 4.69) is 21.3 Å². The standard InChI is InChI=1S/C53H97N9O12/c1-21-22-23-33(12)44(64)43(48(68)58-41(36(15)63)53(73)74-20)62(19)52(72)42(32(10)11)61(18)51(71)38(25-29(4)5)57-47(67)40(27-31(8)9)59(16)49(69)35(14)56-45(65)34(13)55-46(66)39(26-30(6)7)60(17)50(70)37(54)24-28(2)3/h21-22,28-44,63-64H,23-27,54H2,1-20H3,(H,55,66)(H,56,65)(H,57,67)(H,58,68)/b22-21+/t33-,34+,35-,36-,37+,38?,39+,40+,41+,42+,43+,44-/m1/s1. The van der Waals surface area contributed by atoms with E-state index in [1.165, 1.54) is 63.7 Å². The number of hydrogen-bond donors (Lipinski definition) is 7. The number of aliphatic hydroxyl groups is 2. The molecule has 74 heavy (non-hydrogen) atoms. The molecule has 1 unspecified atom stereocenters. The number of ether oxygens (including phenoxy) is 1. The molecule has 0 spiro atoms. The van der Waals surface area contributed by atoms with Crippen molar-refractivity contribution >= 4 is 53.2 Å². The second kappa shape index (κ2) is 32.3. The van der Waals surface area contributed by atoms with E-state index in [1.54, 1.807) is 39.8 Å². The third-order valence-electron chi connectivity index (χ3n) is 13.0. The quantitative estimate of drug-likeness (QED) is 0.0387. The Bertz CT molecular complexity index is 1890. The summed E-state index contributed by atoms with van der Waals surface area (Å²) in [5.74, 6) is -7.51. The fourth-order valence-electron chi connectivity index (χ4n) is 8.72. The number of hydrogen-bond acceptors (Lipinski definition) is 13. The molecule has 0 aromatic heterocycles. The molecule has 0 aliphatic carbocycles. The number of aliphatic hydroxyl groups excluding tert-OH is 2. The maximum Gasteiger partial charge on any atom is 0.331 e. The van der Waals surface area contributed by atoms with Gasteiger partial charge in [-0.1, -0.05) is 88.3 Å². The van der Waals surface area contributed by atoms with Crippen LogP contribution in [0.2, 0.25) is 0 Å². The monoisotopic (exact) mass is 1050 g/mol. The van der Waals surface area contributed by atoms with Crippen LogP contribution in [0.3, 0.4) is 0 Å². The van der Waals surface area contributed by atoms with Gasteiger partial charge in [0.25, 0.3) is 0 Å². The van der Waals surface area contributed by atoms with Crippen LogP contribution in [0, 0.1) is 35.5 Å². The third kappa shape index (κ3) is 21.2. The lowest BCUT2D eigenvalue weighted by Crippen LogP contribution is -2.63. The summed E-state index contributed by atoms with van der Waals surface area (Å²) in [7, 11) is 6.72. The van der Waals surface area contributed by atoms with E-state index < -0.39 is 132 Å². The number of nitrogens with one attached hydrogen (secondary N) is 4. The van der Waals surface area contributed by atoms with Gasteiger partial charge in [0.05, 0.1) is 25.4 Å². The van der Waals surface area contributed by atoms with Gasteiger partial charge in [0.1, 0.15) is 42.3 Å². The molecule has 0 aliphatic rings. The zero-order chi connectivity index (χ0) is 57.8. The van der Waals surface area contributed by atoms with Gasteiger partial charge in [-0.2, -0.15) is 0 Å². The second-order valence-corrected chi connectivity index (χ2v) is 22.1. The number of allylic oxidation sites excluding steroid dienone is 2. The smallest absolute Gasteiger partial charge is 0.331 e. The number of nitrogens with zero attached hydrogens (tertiary/aromatic N) is 4. The maximum absolute atomic E-state index is 14.7. The summed E-state index contributed by atoms with van der Waals surface area (Å²) < 4.78 is 4.77. The van der Waals surface area contributed by atoms with Crippen molar-refractivity contribution in [3.05, 3.63) is 12.2 Å². The van der Waals surface area contributed by atoms with E-state index in [0.29, 0.717) is 19.3 Å². The summed E-state index contributed by atoms with van der Waals surface area (Å²) in [4.78, 5) is 130. The lowest BCUT2D eigenvalue weighted by Gasteiger charge is -2.40. The zero-order valence-electron chi connectivity index (χ0n) is 48.3. The van der Waals surface area contributed by atoms with Crippen molar-refractivity contribution in [2.45, 2.75) is 203 Å². The molecular weight excluding hydrogens is 955 g/mol. The number of rotatable bonds is 31. The normalized spacial score (nSPS) is 16.7. The molecule has 8 amide bonds. The van der Waals surface area contributed by atoms with Gasteiger partial charge in [0.15, 0.2) is 6.04 Å². The third-order valence-corrected chi connectivity index (χ3v) is 13.0. The Labute approximate surface area is 442 Å². The van der Waals surface area contributed by atoms with Crippen molar-refractivity contribution in [3.8, 4) is 0 Å². The Morgan fingerprint density at radius 3 is 1.41 bits per heavy atom. The fourth-order valence-corrected chi connectivity index (χ4v) is 8.72. The molecule has 0 heterocycles. The van der Waals surface area contributed by atoms with Crippen LogP contribution in [0.4, 0.5) is 0 Å². The highest BCUT2D eigenvalue weighted by Crippen LogP contribution is 2.23. The number of carbonyl (C=O) groups is 9. The first-order chi connectivity index (χ1) is 34.1. The van der Waals surface area contributed by atoms with E-state index in [1.807, 2.05) is 55.4 Å². The average molecular weight is 1050 g/mol. The number of carbonyl (C=O) groups excluding carboxylic acids is 9. The van der Waals surface area contributed by atoms with E-state index >= 15 is 0 Å². The first kappa shape index (κ1) is 68.8. The van der Waals surface area contributed by atoms with Gasteiger partial charge in [-0.25, -0.2) is 4.79 Å². The van der Waals surface area contributed by atoms with Crippen LogP contribution in [0.15, 0.2) is 12.2 Å². The molecule has 0 fully saturated rings. The van der Waals surface area contributed by atoms with Crippen molar-refractivity contribution < 1.29 is 58.1 Å². The topological polar surface area (TPSA) is 290 Å². The second-order valence-electron chi connectivity index (χ2n) is 22.1. The van der Waals surface area contributed by atoms with E-state index in [9.17, 15) is 53.4 Å². The maximum atomic E-state index is 14.7. The summed E-state index contributed by atoms with van der Waals surface area (Å²) in [6, 6.07) is -10.7. The molecule has 0 bridgehead atoms. The lowest BCUT2D eigenvalue weighted by atomic mass is 9.91. The number of methoxy groups -OCH3 is 1. The lowest BCUT2D eigenvalue weighted by molar-refractivity contribution is -0.156. The highest BCUT2D eigenvalue weighted by atomic mass is 16.5. The summed E-state index contributed by atoms with van der Waals surface area (Å²) in [5.41, 5.74) is 6.17. The van der Waals surface area contributed by atoms with Crippen LogP contribution >= 0.6 is 0 Å². The van der Waals surface area contributed by atoms with Crippen LogP contribution in [0.25, 0.3) is 0 Å². The summed E-state index contributed by atoms with van der Waals surface area (Å²) in [6.07, 6.45) is 2.01. The minimum atomic E-state index is -1.60. The molecular formula is C53H97N9O12. The molecule has 0 saturated carbocycles. The summed E-state index contributed by atoms with van der Waals surface area (Å²) >= 11 is 0. The van der Waals surface area contributed by atoms with Crippen molar-refractivity contribution in [1.29, 1.82) is 0 Å². The Morgan fingerprint density at radius 2 is 0.973 bits per heavy atom. The Kier molecular flexibility index (Phi) is 30.1. The molecule has 12 atom stereocenters. The molecule has 0 aromatic carbocycles. The van der Waals surface area contributed by atoms with E-state index in [4.69, 9.17) is 10.5 Å². The molecule has 21 heteroatoms.